The highest BCUT2D eigenvalue weighted by Gasteiger charge is 2.52. The third-order valence-electron chi connectivity index (χ3n) is 5.92. The molecule has 0 bridgehead atoms. The third-order valence-corrected chi connectivity index (χ3v) is 10.3. The second-order valence-electron chi connectivity index (χ2n) is 7.60. The van der Waals surface area contributed by atoms with Gasteiger partial charge in [-0.3, -0.25) is 0 Å². The first-order chi connectivity index (χ1) is 14.8. The van der Waals surface area contributed by atoms with Crippen molar-refractivity contribution in [3.8, 4) is 5.75 Å². The van der Waals surface area contributed by atoms with Gasteiger partial charge in [-0.1, -0.05) is 66.7 Å². The number of ether oxygens (including phenoxy) is 1. The zero-order chi connectivity index (χ0) is 20.4. The second-order valence-corrected chi connectivity index (χ2v) is 11.0. The molecule has 0 spiro atoms. The normalized spacial score (nSPS) is 15.7. The Bertz CT molecular complexity index is 1140. The van der Waals surface area contributed by atoms with Gasteiger partial charge in [-0.2, -0.15) is 0 Å². The predicted molar refractivity (Wildman–Crippen MR) is 131 cm³/mol. The minimum absolute atomic E-state index is 0.888. The Morgan fingerprint density at radius 2 is 1.23 bits per heavy atom. The van der Waals surface area contributed by atoms with E-state index in [4.69, 9.17) is 4.74 Å². The fourth-order valence-corrected chi connectivity index (χ4v) is 9.00. The highest BCUT2D eigenvalue weighted by molar-refractivity contribution is 7.96. The van der Waals surface area contributed by atoms with Gasteiger partial charge in [0.2, 0.25) is 0 Å². The molecule has 4 aromatic carbocycles. The molecule has 0 saturated carbocycles. The molecule has 0 aromatic heterocycles. The monoisotopic (exact) mass is 407 g/mol. The molecule has 1 aliphatic heterocycles. The van der Waals surface area contributed by atoms with E-state index in [-0.39, 0.29) is 0 Å². The van der Waals surface area contributed by atoms with Crippen LogP contribution in [0.25, 0.3) is 11.6 Å². The molecule has 0 N–H and O–H groups in total. The topological polar surface area (TPSA) is 9.23 Å². The summed E-state index contributed by atoms with van der Waals surface area (Å²) in [5.41, 5.74) is 4.01. The number of hydrogen-bond acceptors (Lipinski definition) is 1. The van der Waals surface area contributed by atoms with Crippen LogP contribution in [0.15, 0.2) is 109 Å². The Morgan fingerprint density at radius 3 is 1.83 bits per heavy atom. The quantitative estimate of drug-likeness (QED) is 0.404. The van der Waals surface area contributed by atoms with Crippen LogP contribution in [0.2, 0.25) is 0 Å². The van der Waals surface area contributed by atoms with Gasteiger partial charge >= 0.3 is 0 Å². The van der Waals surface area contributed by atoms with Gasteiger partial charge in [0.05, 0.1) is 13.3 Å². The fraction of sp³-hybridized carbons (Fsp3) is 0.0714. The molecule has 5 rings (SSSR count). The van der Waals surface area contributed by atoms with Crippen molar-refractivity contribution in [1.29, 1.82) is 0 Å². The first-order valence-corrected chi connectivity index (χ1v) is 12.2. The SMILES string of the molecule is COc1ccc(/C=C2\C[P+](c3ccccc3)(c3ccccc3)c3ccccc32)cc1. The molecule has 0 radical (unpaired) electrons. The fourth-order valence-electron chi connectivity index (χ4n) is 4.50. The minimum atomic E-state index is -1.74. The lowest BCUT2D eigenvalue weighted by Gasteiger charge is -2.23. The van der Waals surface area contributed by atoms with Crippen LogP contribution in [0.1, 0.15) is 11.1 Å². The van der Waals surface area contributed by atoms with Crippen molar-refractivity contribution in [3.05, 3.63) is 120 Å². The molecule has 146 valence electrons. The van der Waals surface area contributed by atoms with Crippen LogP contribution in [0, 0.1) is 0 Å². The zero-order valence-electron chi connectivity index (χ0n) is 17.0. The smallest absolute Gasteiger partial charge is 0.118 e. The van der Waals surface area contributed by atoms with E-state index in [1.807, 2.05) is 12.1 Å². The lowest BCUT2D eigenvalue weighted by atomic mass is 10.0. The lowest BCUT2D eigenvalue weighted by molar-refractivity contribution is 0.415. The van der Waals surface area contributed by atoms with E-state index in [1.54, 1.807) is 7.11 Å². The summed E-state index contributed by atoms with van der Waals surface area (Å²) in [4.78, 5) is 0. The van der Waals surface area contributed by atoms with Gasteiger partial charge < -0.3 is 4.74 Å². The maximum atomic E-state index is 5.33. The van der Waals surface area contributed by atoms with E-state index >= 15 is 0 Å². The first kappa shape index (κ1) is 18.9. The Balaban J connectivity index is 1.72. The van der Waals surface area contributed by atoms with Crippen LogP contribution in [0.5, 0.6) is 5.75 Å². The van der Waals surface area contributed by atoms with Crippen LogP contribution in [0.4, 0.5) is 0 Å². The van der Waals surface area contributed by atoms with E-state index < -0.39 is 7.26 Å². The number of fused-ring (bicyclic) bond motifs is 1. The van der Waals surface area contributed by atoms with Gasteiger partial charge in [0.15, 0.2) is 0 Å². The molecule has 1 heterocycles. The highest BCUT2D eigenvalue weighted by atomic mass is 31.2. The average Bonchev–Trinajstić information content (AvgIpc) is 3.16. The van der Waals surface area contributed by atoms with Crippen LogP contribution in [-0.2, 0) is 0 Å². The average molecular weight is 407 g/mol. The van der Waals surface area contributed by atoms with Crippen molar-refractivity contribution in [2.24, 2.45) is 0 Å². The number of benzene rings is 4. The largest absolute Gasteiger partial charge is 0.497 e. The highest BCUT2D eigenvalue weighted by Crippen LogP contribution is 2.62. The molecule has 0 aliphatic carbocycles. The molecule has 0 saturated heterocycles. The molecular weight excluding hydrogens is 383 g/mol. The van der Waals surface area contributed by atoms with Gasteiger partial charge in [-0.25, -0.2) is 0 Å². The molecule has 4 aromatic rings. The van der Waals surface area contributed by atoms with Gasteiger partial charge in [0, 0.05) is 11.1 Å². The zero-order valence-corrected chi connectivity index (χ0v) is 17.9. The Kier molecular flexibility index (Phi) is 4.99. The van der Waals surface area contributed by atoms with Gasteiger partial charge in [-0.05, 0) is 54.1 Å². The van der Waals surface area contributed by atoms with Crippen molar-refractivity contribution in [2.45, 2.75) is 0 Å². The van der Waals surface area contributed by atoms with Crippen molar-refractivity contribution >= 4 is 34.8 Å². The predicted octanol–water partition coefficient (Wildman–Crippen LogP) is 5.54. The molecule has 1 nitrogen and oxygen atoms in total. The third kappa shape index (κ3) is 3.16. The van der Waals surface area contributed by atoms with Crippen molar-refractivity contribution < 1.29 is 4.74 Å². The van der Waals surface area contributed by atoms with E-state index in [1.165, 1.54) is 32.6 Å². The van der Waals surface area contributed by atoms with Gasteiger partial charge in [0.25, 0.3) is 0 Å². The Hall–Kier alpha value is -3.15. The molecule has 0 fully saturated rings. The summed E-state index contributed by atoms with van der Waals surface area (Å²) in [6.07, 6.45) is 3.40. The maximum absolute atomic E-state index is 5.33. The minimum Gasteiger partial charge on any atom is -0.497 e. The molecule has 0 atom stereocenters. The summed E-state index contributed by atoms with van der Waals surface area (Å²) in [5.74, 6) is 0.888. The van der Waals surface area contributed by atoms with Crippen LogP contribution >= 0.6 is 7.26 Å². The molecular formula is C28H24OP+. The van der Waals surface area contributed by atoms with Crippen molar-refractivity contribution in [1.82, 2.24) is 0 Å². The molecule has 0 amide bonds. The summed E-state index contributed by atoms with van der Waals surface area (Å²) >= 11 is 0. The summed E-state index contributed by atoms with van der Waals surface area (Å²) in [7, 11) is -0.0354. The maximum Gasteiger partial charge on any atom is 0.118 e. The standard InChI is InChI=1S/C28H24OP/c1-29-24-18-16-22(17-19-24)20-23-21-30(25-10-4-2-5-11-25,26-12-6-3-7-13-26)28-15-9-8-14-27(23)28/h2-20H,21H2,1H3/q+1/b23-20+. The molecule has 0 unspecified atom stereocenters. The summed E-state index contributed by atoms with van der Waals surface area (Å²) in [6.45, 7) is 0. The van der Waals surface area contributed by atoms with Crippen LogP contribution < -0.4 is 20.7 Å². The van der Waals surface area contributed by atoms with E-state index in [0.717, 1.165) is 11.9 Å². The van der Waals surface area contributed by atoms with Crippen LogP contribution in [-0.4, -0.2) is 13.3 Å². The summed E-state index contributed by atoms with van der Waals surface area (Å²) in [5, 5.41) is 4.38. The number of rotatable bonds is 4. The van der Waals surface area contributed by atoms with Crippen LogP contribution in [0.3, 0.4) is 0 Å². The summed E-state index contributed by atoms with van der Waals surface area (Å²) in [6, 6.07) is 39.5. The Labute approximate surface area is 179 Å². The second kappa shape index (κ2) is 7.94. The Morgan fingerprint density at radius 1 is 0.667 bits per heavy atom. The van der Waals surface area contributed by atoms with Crippen molar-refractivity contribution in [2.75, 3.05) is 13.3 Å². The van der Waals surface area contributed by atoms with Crippen molar-refractivity contribution in [3.63, 3.8) is 0 Å². The molecule has 1 aliphatic rings. The molecule has 30 heavy (non-hydrogen) atoms. The number of methoxy groups -OCH3 is 1. The number of allylic oxidation sites excluding steroid dienone is 1. The van der Waals surface area contributed by atoms with Gasteiger partial charge in [0.1, 0.15) is 28.9 Å². The lowest BCUT2D eigenvalue weighted by Crippen LogP contribution is -2.30. The van der Waals surface area contributed by atoms with Gasteiger partial charge in [-0.15, -0.1) is 0 Å². The van der Waals surface area contributed by atoms with E-state index in [9.17, 15) is 0 Å². The molecule has 2 heteroatoms. The number of hydrogen-bond donors (Lipinski definition) is 0. The first-order valence-electron chi connectivity index (χ1n) is 10.3. The van der Waals surface area contributed by atoms with E-state index in [2.05, 4.69) is 103 Å². The van der Waals surface area contributed by atoms with E-state index in [0.29, 0.717) is 0 Å². The summed E-state index contributed by atoms with van der Waals surface area (Å²) < 4.78 is 5.33.